The zero-order valence-electron chi connectivity index (χ0n) is 13.6. The highest BCUT2D eigenvalue weighted by Gasteiger charge is 2.33. The SMILES string of the molecule is CCN(CC(=O)Nc1ccccc1C(F)(F)F)C(=O)COCC(F)(F)F. The van der Waals surface area contributed by atoms with Gasteiger partial charge in [0.15, 0.2) is 0 Å². The molecule has 0 aromatic heterocycles. The van der Waals surface area contributed by atoms with E-state index in [1.807, 2.05) is 5.32 Å². The number of carbonyl (C=O) groups excluding carboxylic acids is 2. The highest BCUT2D eigenvalue weighted by molar-refractivity contribution is 5.95. The molecule has 0 saturated carbocycles. The van der Waals surface area contributed by atoms with Crippen molar-refractivity contribution >= 4 is 17.5 Å². The number of halogens is 6. The quantitative estimate of drug-likeness (QED) is 0.733. The van der Waals surface area contributed by atoms with Crippen LogP contribution in [0.5, 0.6) is 0 Å². The van der Waals surface area contributed by atoms with E-state index < -0.39 is 55.2 Å². The molecule has 26 heavy (non-hydrogen) atoms. The van der Waals surface area contributed by atoms with Gasteiger partial charge in [0.05, 0.1) is 17.8 Å². The van der Waals surface area contributed by atoms with Crippen molar-refractivity contribution in [1.29, 1.82) is 0 Å². The number of carbonyl (C=O) groups is 2. The van der Waals surface area contributed by atoms with Gasteiger partial charge in [-0.15, -0.1) is 0 Å². The Hall–Kier alpha value is -2.30. The van der Waals surface area contributed by atoms with E-state index in [2.05, 4.69) is 4.74 Å². The summed E-state index contributed by atoms with van der Waals surface area (Å²) in [6, 6.07) is 4.27. The van der Waals surface area contributed by atoms with E-state index in [9.17, 15) is 35.9 Å². The van der Waals surface area contributed by atoms with E-state index in [1.54, 1.807) is 0 Å². The number of rotatable bonds is 7. The van der Waals surface area contributed by atoms with Crippen LogP contribution in [-0.2, 0) is 20.5 Å². The molecular formula is C15H16F6N2O3. The van der Waals surface area contributed by atoms with Crippen molar-refractivity contribution in [1.82, 2.24) is 4.90 Å². The number of anilines is 1. The molecule has 0 heterocycles. The van der Waals surface area contributed by atoms with Gasteiger partial charge in [-0.1, -0.05) is 12.1 Å². The maximum atomic E-state index is 12.9. The van der Waals surface area contributed by atoms with E-state index in [-0.39, 0.29) is 6.54 Å². The fourth-order valence-corrected chi connectivity index (χ4v) is 1.92. The number of nitrogens with zero attached hydrogens (tertiary/aromatic N) is 1. The van der Waals surface area contributed by atoms with E-state index >= 15 is 0 Å². The molecule has 1 aromatic rings. The van der Waals surface area contributed by atoms with Crippen molar-refractivity contribution in [2.45, 2.75) is 19.3 Å². The molecule has 1 N–H and O–H groups in total. The first-order valence-corrected chi connectivity index (χ1v) is 7.32. The third-order valence-electron chi connectivity index (χ3n) is 3.07. The highest BCUT2D eigenvalue weighted by atomic mass is 19.4. The molecule has 0 atom stereocenters. The Morgan fingerprint density at radius 3 is 2.27 bits per heavy atom. The number of alkyl halides is 6. The number of hydrogen-bond acceptors (Lipinski definition) is 3. The van der Waals surface area contributed by atoms with Crippen LogP contribution in [0.3, 0.4) is 0 Å². The summed E-state index contributed by atoms with van der Waals surface area (Å²) in [6.45, 7) is -1.74. The summed E-state index contributed by atoms with van der Waals surface area (Å²) in [7, 11) is 0. The van der Waals surface area contributed by atoms with Crippen LogP contribution in [0.2, 0.25) is 0 Å². The zero-order chi connectivity index (χ0) is 20.0. The molecule has 5 nitrogen and oxygen atoms in total. The van der Waals surface area contributed by atoms with E-state index in [0.29, 0.717) is 0 Å². The summed E-state index contributed by atoms with van der Waals surface area (Å²) in [5.41, 5.74) is -1.54. The van der Waals surface area contributed by atoms with Gasteiger partial charge in [-0.05, 0) is 19.1 Å². The Labute approximate surface area is 144 Å². The Morgan fingerprint density at radius 1 is 1.12 bits per heavy atom. The van der Waals surface area contributed by atoms with Crippen LogP contribution in [0.4, 0.5) is 32.0 Å². The van der Waals surface area contributed by atoms with Crippen LogP contribution in [0.15, 0.2) is 24.3 Å². The number of para-hydroxylation sites is 1. The minimum absolute atomic E-state index is 0.0391. The summed E-state index contributed by atoms with van der Waals surface area (Å²) >= 11 is 0. The molecule has 0 spiro atoms. The van der Waals surface area contributed by atoms with Gasteiger partial charge >= 0.3 is 12.4 Å². The normalized spacial score (nSPS) is 12.0. The molecule has 0 unspecified atom stereocenters. The Kier molecular flexibility index (Phi) is 7.42. The predicted octanol–water partition coefficient (Wildman–Crippen LogP) is 3.07. The molecule has 0 aliphatic heterocycles. The number of benzene rings is 1. The van der Waals surface area contributed by atoms with Crippen LogP contribution in [0.1, 0.15) is 12.5 Å². The lowest BCUT2D eigenvalue weighted by atomic mass is 10.1. The van der Waals surface area contributed by atoms with Gasteiger partial charge in [-0.2, -0.15) is 26.3 Å². The predicted molar refractivity (Wildman–Crippen MR) is 79.2 cm³/mol. The fourth-order valence-electron chi connectivity index (χ4n) is 1.92. The second kappa shape index (κ2) is 8.88. The van der Waals surface area contributed by atoms with Gasteiger partial charge in [-0.3, -0.25) is 9.59 Å². The second-order valence-corrected chi connectivity index (χ2v) is 5.11. The summed E-state index contributed by atoms with van der Waals surface area (Å²) in [5.74, 6) is -1.82. The number of hydrogen-bond donors (Lipinski definition) is 1. The maximum Gasteiger partial charge on any atom is 0.418 e. The number of ether oxygens (including phenoxy) is 1. The molecule has 0 aliphatic rings. The molecule has 1 rings (SSSR count). The van der Waals surface area contributed by atoms with Crippen LogP contribution in [-0.4, -0.2) is 49.2 Å². The molecule has 146 valence electrons. The van der Waals surface area contributed by atoms with Gasteiger partial charge in [0.2, 0.25) is 11.8 Å². The lowest BCUT2D eigenvalue weighted by Gasteiger charge is -2.21. The first-order chi connectivity index (χ1) is 11.9. The van der Waals surface area contributed by atoms with Gasteiger partial charge in [0.25, 0.3) is 0 Å². The van der Waals surface area contributed by atoms with Crippen molar-refractivity contribution in [3.8, 4) is 0 Å². The van der Waals surface area contributed by atoms with E-state index in [0.717, 1.165) is 23.1 Å². The lowest BCUT2D eigenvalue weighted by Crippen LogP contribution is -2.40. The van der Waals surface area contributed by atoms with Gasteiger partial charge in [-0.25, -0.2) is 0 Å². The third kappa shape index (κ3) is 7.30. The summed E-state index contributed by atoms with van der Waals surface area (Å²) < 4.78 is 78.7. The molecule has 1 aromatic carbocycles. The highest BCUT2D eigenvalue weighted by Crippen LogP contribution is 2.34. The molecule has 2 amide bonds. The van der Waals surface area contributed by atoms with Crippen molar-refractivity contribution < 1.29 is 40.7 Å². The average Bonchev–Trinajstić information content (AvgIpc) is 2.50. The summed E-state index contributed by atoms with van der Waals surface area (Å²) in [5, 5.41) is 2.04. The molecule has 0 saturated heterocycles. The average molecular weight is 386 g/mol. The van der Waals surface area contributed by atoms with Gasteiger partial charge in [0, 0.05) is 6.54 Å². The van der Waals surface area contributed by atoms with Gasteiger partial charge in [0.1, 0.15) is 13.2 Å². The Bertz CT molecular complexity index is 631. The van der Waals surface area contributed by atoms with Crippen molar-refractivity contribution in [3.05, 3.63) is 29.8 Å². The van der Waals surface area contributed by atoms with Crippen LogP contribution < -0.4 is 5.32 Å². The minimum atomic E-state index is -4.68. The smallest absolute Gasteiger partial charge is 0.362 e. The molecule has 0 bridgehead atoms. The van der Waals surface area contributed by atoms with Crippen LogP contribution in [0.25, 0.3) is 0 Å². The Balaban J connectivity index is 2.67. The molecular weight excluding hydrogens is 370 g/mol. The van der Waals surface area contributed by atoms with E-state index in [4.69, 9.17) is 0 Å². The zero-order valence-corrected chi connectivity index (χ0v) is 13.6. The largest absolute Gasteiger partial charge is 0.418 e. The minimum Gasteiger partial charge on any atom is -0.362 e. The first kappa shape index (κ1) is 21.7. The fraction of sp³-hybridized carbons (Fsp3) is 0.467. The van der Waals surface area contributed by atoms with E-state index in [1.165, 1.54) is 13.0 Å². The molecule has 0 aliphatic carbocycles. The summed E-state index contributed by atoms with van der Waals surface area (Å²) in [4.78, 5) is 24.5. The number of amides is 2. The van der Waals surface area contributed by atoms with Crippen LogP contribution in [0, 0.1) is 0 Å². The number of likely N-dealkylation sites (N-methyl/N-ethyl adjacent to an activating group) is 1. The standard InChI is InChI=1S/C15H16F6N2O3/c1-2-23(13(25)8-26-9-14(16,17)18)7-12(24)22-11-6-4-3-5-10(11)15(19,20)21/h3-6H,2,7-9H2,1H3,(H,22,24). The lowest BCUT2D eigenvalue weighted by molar-refractivity contribution is -0.178. The monoisotopic (exact) mass is 386 g/mol. The first-order valence-electron chi connectivity index (χ1n) is 7.32. The topological polar surface area (TPSA) is 58.6 Å². The maximum absolute atomic E-state index is 12.9. The number of nitrogens with one attached hydrogen (secondary N) is 1. The van der Waals surface area contributed by atoms with Crippen molar-refractivity contribution in [2.24, 2.45) is 0 Å². The molecule has 0 radical (unpaired) electrons. The molecule has 0 fully saturated rings. The molecule has 11 heteroatoms. The van der Waals surface area contributed by atoms with Gasteiger partial charge < -0.3 is 15.0 Å². The summed E-state index contributed by atoms with van der Waals surface area (Å²) in [6.07, 6.45) is -9.29. The van der Waals surface area contributed by atoms with Crippen molar-refractivity contribution in [3.63, 3.8) is 0 Å². The van der Waals surface area contributed by atoms with Crippen LogP contribution >= 0.6 is 0 Å². The third-order valence-corrected chi connectivity index (χ3v) is 3.07. The Morgan fingerprint density at radius 2 is 1.73 bits per heavy atom. The second-order valence-electron chi connectivity index (χ2n) is 5.11. The van der Waals surface area contributed by atoms with Crippen molar-refractivity contribution in [2.75, 3.05) is 31.6 Å².